The number of carbonyl (C=O) groups is 1. The van der Waals surface area contributed by atoms with Crippen LogP contribution in [0.4, 0.5) is 11.5 Å². The van der Waals surface area contributed by atoms with Crippen LogP contribution in [0.2, 0.25) is 5.02 Å². The van der Waals surface area contributed by atoms with Gasteiger partial charge in [-0.15, -0.1) is 0 Å². The lowest BCUT2D eigenvalue weighted by molar-refractivity contribution is -0.121. The highest BCUT2D eigenvalue weighted by molar-refractivity contribution is 6.30. The lowest BCUT2D eigenvalue weighted by Crippen LogP contribution is -2.38. The van der Waals surface area contributed by atoms with Crippen molar-refractivity contribution in [3.05, 3.63) is 41.0 Å². The van der Waals surface area contributed by atoms with Crippen molar-refractivity contribution in [2.24, 2.45) is 0 Å². The zero-order valence-corrected chi connectivity index (χ0v) is 16.0. The molecule has 1 aromatic heterocycles. The van der Waals surface area contributed by atoms with Crippen LogP contribution in [0.3, 0.4) is 0 Å². The number of hydrogen-bond acceptors (Lipinski definition) is 5. The van der Waals surface area contributed by atoms with Gasteiger partial charge in [0.1, 0.15) is 5.69 Å². The lowest BCUT2D eigenvalue weighted by atomic mass is 9.78. The lowest BCUT2D eigenvalue weighted by Gasteiger charge is -2.29. The van der Waals surface area contributed by atoms with E-state index in [1.54, 1.807) is 6.20 Å². The van der Waals surface area contributed by atoms with Gasteiger partial charge in [0.15, 0.2) is 5.82 Å². The molecule has 2 aromatic rings. The molecule has 1 fully saturated rings. The van der Waals surface area contributed by atoms with E-state index in [2.05, 4.69) is 15.3 Å². The number of carbonyl (C=O) groups excluding carboxylic acids is 1. The number of aromatic nitrogens is 2. The van der Waals surface area contributed by atoms with Gasteiger partial charge in [-0.2, -0.15) is 4.98 Å². The first kappa shape index (κ1) is 18.5. The van der Waals surface area contributed by atoms with E-state index in [0.717, 1.165) is 31.2 Å². The molecule has 7 heteroatoms. The van der Waals surface area contributed by atoms with E-state index in [-0.39, 0.29) is 11.9 Å². The first-order chi connectivity index (χ1) is 12.5. The summed E-state index contributed by atoms with van der Waals surface area (Å²) in [6, 6.07) is 7.84. The molecule has 0 bridgehead atoms. The summed E-state index contributed by atoms with van der Waals surface area (Å²) in [6.45, 7) is 0. The molecule has 1 aliphatic rings. The van der Waals surface area contributed by atoms with Crippen LogP contribution in [0.1, 0.15) is 31.2 Å². The third kappa shape index (κ3) is 3.46. The molecule has 1 aromatic carbocycles. The number of nitrogens with zero attached hydrogens (tertiary/aromatic N) is 3. The molecule has 26 heavy (non-hydrogen) atoms. The van der Waals surface area contributed by atoms with Gasteiger partial charge >= 0.3 is 6.01 Å². The average Bonchev–Trinajstić information content (AvgIpc) is 3.13. The van der Waals surface area contributed by atoms with Crippen molar-refractivity contribution in [2.75, 3.05) is 31.4 Å². The Balaban J connectivity index is 1.93. The molecule has 0 radical (unpaired) electrons. The maximum absolute atomic E-state index is 13.3. The zero-order chi connectivity index (χ0) is 18.7. The van der Waals surface area contributed by atoms with Gasteiger partial charge in [0.2, 0.25) is 5.91 Å². The van der Waals surface area contributed by atoms with Crippen LogP contribution in [0.5, 0.6) is 6.01 Å². The number of ether oxygens (including phenoxy) is 1. The van der Waals surface area contributed by atoms with Crippen LogP contribution in [0.25, 0.3) is 0 Å². The monoisotopic (exact) mass is 374 g/mol. The van der Waals surface area contributed by atoms with E-state index >= 15 is 0 Å². The van der Waals surface area contributed by atoms with E-state index in [9.17, 15) is 4.79 Å². The van der Waals surface area contributed by atoms with Gasteiger partial charge in [0.05, 0.1) is 18.7 Å². The minimum absolute atomic E-state index is 0.0332. The molecular weight excluding hydrogens is 352 g/mol. The highest BCUT2D eigenvalue weighted by Crippen LogP contribution is 2.42. The third-order valence-electron chi connectivity index (χ3n) is 4.89. The normalized spacial score (nSPS) is 15.5. The summed E-state index contributed by atoms with van der Waals surface area (Å²) in [5.41, 5.74) is 1.02. The van der Waals surface area contributed by atoms with Gasteiger partial charge < -0.3 is 15.0 Å². The van der Waals surface area contributed by atoms with Crippen LogP contribution in [-0.2, 0) is 10.2 Å². The molecule has 0 unspecified atom stereocenters. The van der Waals surface area contributed by atoms with Crippen molar-refractivity contribution in [1.82, 2.24) is 9.97 Å². The summed E-state index contributed by atoms with van der Waals surface area (Å²) >= 11 is 6.02. The molecule has 6 nitrogen and oxygen atoms in total. The molecule has 3 rings (SSSR count). The van der Waals surface area contributed by atoms with E-state index in [0.29, 0.717) is 16.5 Å². The molecule has 1 heterocycles. The largest absolute Gasteiger partial charge is 0.467 e. The Hall–Kier alpha value is -2.34. The van der Waals surface area contributed by atoms with E-state index < -0.39 is 5.41 Å². The van der Waals surface area contributed by atoms with Crippen molar-refractivity contribution >= 4 is 29.0 Å². The van der Waals surface area contributed by atoms with Crippen LogP contribution < -0.4 is 15.0 Å². The first-order valence-electron chi connectivity index (χ1n) is 8.62. The second kappa shape index (κ2) is 7.50. The van der Waals surface area contributed by atoms with Crippen LogP contribution in [0.15, 0.2) is 30.5 Å². The highest BCUT2D eigenvalue weighted by Gasteiger charge is 2.43. The fourth-order valence-corrected chi connectivity index (χ4v) is 3.65. The Kier molecular flexibility index (Phi) is 5.32. The van der Waals surface area contributed by atoms with Crippen molar-refractivity contribution in [2.45, 2.75) is 31.1 Å². The maximum atomic E-state index is 13.3. The SMILES string of the molecule is COc1ncc(NC(=O)C2(c3ccc(Cl)cc3)CCCC2)c(N(C)C)n1. The van der Waals surface area contributed by atoms with Crippen molar-refractivity contribution < 1.29 is 9.53 Å². The van der Waals surface area contributed by atoms with Crippen LogP contribution >= 0.6 is 11.6 Å². The summed E-state index contributed by atoms with van der Waals surface area (Å²) in [5.74, 6) is 0.573. The number of methoxy groups -OCH3 is 1. The molecule has 0 spiro atoms. The van der Waals surface area contributed by atoms with E-state index in [1.165, 1.54) is 7.11 Å². The second-order valence-electron chi connectivity index (χ2n) is 6.74. The van der Waals surface area contributed by atoms with Crippen molar-refractivity contribution in [3.63, 3.8) is 0 Å². The van der Waals surface area contributed by atoms with E-state index in [4.69, 9.17) is 16.3 Å². The van der Waals surface area contributed by atoms with Gasteiger partial charge in [-0.1, -0.05) is 36.6 Å². The fourth-order valence-electron chi connectivity index (χ4n) is 3.52. The van der Waals surface area contributed by atoms with Gasteiger partial charge in [0.25, 0.3) is 0 Å². The minimum Gasteiger partial charge on any atom is -0.467 e. The Morgan fingerprint density at radius 3 is 2.46 bits per heavy atom. The number of nitrogens with one attached hydrogen (secondary N) is 1. The Bertz CT molecular complexity index is 787. The average molecular weight is 375 g/mol. The Labute approximate surface area is 158 Å². The smallest absolute Gasteiger partial charge is 0.318 e. The molecule has 1 N–H and O–H groups in total. The topological polar surface area (TPSA) is 67.3 Å². The predicted molar refractivity (Wildman–Crippen MR) is 103 cm³/mol. The molecule has 1 saturated carbocycles. The number of benzene rings is 1. The van der Waals surface area contributed by atoms with Gasteiger partial charge in [-0.25, -0.2) is 4.98 Å². The predicted octanol–water partition coefficient (Wildman–Crippen LogP) is 3.66. The van der Waals surface area contributed by atoms with Gasteiger partial charge in [0, 0.05) is 19.1 Å². The highest BCUT2D eigenvalue weighted by atomic mass is 35.5. The zero-order valence-electron chi connectivity index (χ0n) is 15.3. The van der Waals surface area contributed by atoms with Crippen molar-refractivity contribution in [1.29, 1.82) is 0 Å². The molecule has 0 saturated heterocycles. The van der Waals surface area contributed by atoms with Gasteiger partial charge in [-0.05, 0) is 30.5 Å². The summed E-state index contributed by atoms with van der Waals surface area (Å²) in [5, 5.41) is 3.71. The number of hydrogen-bond donors (Lipinski definition) is 1. The molecular formula is C19H23ClN4O2. The first-order valence-corrected chi connectivity index (χ1v) is 9.00. The summed E-state index contributed by atoms with van der Waals surface area (Å²) < 4.78 is 5.09. The molecule has 0 aliphatic heterocycles. The van der Waals surface area contributed by atoms with Crippen LogP contribution in [-0.4, -0.2) is 37.1 Å². The molecule has 1 aliphatic carbocycles. The molecule has 1 amide bonds. The van der Waals surface area contributed by atoms with Crippen LogP contribution in [0, 0.1) is 0 Å². The Morgan fingerprint density at radius 1 is 1.23 bits per heavy atom. The number of halogens is 1. The Morgan fingerprint density at radius 2 is 1.88 bits per heavy atom. The standard InChI is InChI=1S/C19H23ClN4O2/c1-24(2)16-15(12-21-18(23-16)26-3)22-17(25)19(10-4-5-11-19)13-6-8-14(20)9-7-13/h6-9,12H,4-5,10-11H2,1-3H3,(H,22,25). The number of amides is 1. The summed E-state index contributed by atoms with van der Waals surface area (Å²) in [6.07, 6.45) is 5.26. The number of anilines is 2. The minimum atomic E-state index is -0.548. The molecule has 138 valence electrons. The summed E-state index contributed by atoms with van der Waals surface area (Å²) in [4.78, 5) is 23.6. The second-order valence-corrected chi connectivity index (χ2v) is 7.18. The third-order valence-corrected chi connectivity index (χ3v) is 5.14. The molecule has 0 atom stereocenters. The van der Waals surface area contributed by atoms with Gasteiger partial charge in [-0.3, -0.25) is 4.79 Å². The maximum Gasteiger partial charge on any atom is 0.318 e. The van der Waals surface area contributed by atoms with Crippen molar-refractivity contribution in [3.8, 4) is 6.01 Å². The summed E-state index contributed by atoms with van der Waals surface area (Å²) in [7, 11) is 5.24. The number of rotatable bonds is 5. The quantitative estimate of drug-likeness (QED) is 0.865. The van der Waals surface area contributed by atoms with E-state index in [1.807, 2.05) is 43.3 Å². The fraction of sp³-hybridized carbons (Fsp3) is 0.421.